The molecular formula is C35H52O5. The second-order valence-corrected chi connectivity index (χ2v) is 16.6. The second-order valence-electron chi connectivity index (χ2n) is 16.6. The summed E-state index contributed by atoms with van der Waals surface area (Å²) in [7, 11) is 0. The van der Waals surface area contributed by atoms with Crippen LogP contribution in [-0.4, -0.2) is 28.9 Å². The Morgan fingerprint density at radius 1 is 0.950 bits per heavy atom. The van der Waals surface area contributed by atoms with E-state index >= 15 is 0 Å². The Balaban J connectivity index is 1.60. The Kier molecular flexibility index (Phi) is 6.69. The first-order valence-electron chi connectivity index (χ1n) is 15.7. The second kappa shape index (κ2) is 9.04. The summed E-state index contributed by atoms with van der Waals surface area (Å²) < 4.78 is 6.08. The van der Waals surface area contributed by atoms with Crippen LogP contribution in [0.2, 0.25) is 0 Å². The number of carbonyl (C=O) groups is 3. The first-order chi connectivity index (χ1) is 18.3. The van der Waals surface area contributed by atoms with Gasteiger partial charge in [0.25, 0.3) is 0 Å². The number of carboxylic acids is 1. The molecule has 0 aromatic carbocycles. The molecule has 5 aliphatic carbocycles. The average Bonchev–Trinajstić information content (AvgIpc) is 2.81. The van der Waals surface area contributed by atoms with Crippen molar-refractivity contribution >= 4 is 17.7 Å². The summed E-state index contributed by atoms with van der Waals surface area (Å²) in [5.41, 5.74) is 0.612. The van der Waals surface area contributed by atoms with Crippen LogP contribution < -0.4 is 0 Å². The van der Waals surface area contributed by atoms with Crippen molar-refractivity contribution in [3.05, 3.63) is 23.3 Å². The van der Waals surface area contributed by atoms with Crippen LogP contribution >= 0.6 is 0 Å². The van der Waals surface area contributed by atoms with Crippen LogP contribution in [0.25, 0.3) is 0 Å². The average molecular weight is 553 g/mol. The van der Waals surface area contributed by atoms with E-state index in [2.05, 4.69) is 54.5 Å². The maximum absolute atomic E-state index is 13.4. The smallest absolute Gasteiger partial charge is 0.330 e. The molecule has 4 saturated carbocycles. The standard InChI is InChI=1S/C35H52O5/c1-21(2)18-28(37)40-27-20-30(3,4)19-23-22-10-11-25-32(7)14-13-26(36)31(5,6)24(32)12-15-34(25,9)33(22,8)16-17-35(23,27)29(38)39/h10,18,23-25,27H,11-17,19-20H2,1-9H3,(H,38,39)/t23-,24?,25?,27+,32-,33+,34+,35-/m0/s1. The monoisotopic (exact) mass is 552 g/mol. The summed E-state index contributed by atoms with van der Waals surface area (Å²) in [5.74, 6) is -0.155. The Hall–Kier alpha value is -1.91. The van der Waals surface area contributed by atoms with Crippen LogP contribution in [0.5, 0.6) is 0 Å². The van der Waals surface area contributed by atoms with Crippen molar-refractivity contribution in [3.63, 3.8) is 0 Å². The fourth-order valence-electron chi connectivity index (χ4n) is 11.2. The Labute approximate surface area is 241 Å². The van der Waals surface area contributed by atoms with E-state index in [1.165, 1.54) is 11.6 Å². The highest BCUT2D eigenvalue weighted by Crippen LogP contribution is 2.75. The number of Topliss-reactive ketones (excluding diaryl/α,β-unsaturated/α-hetero) is 1. The van der Waals surface area contributed by atoms with Crippen LogP contribution in [-0.2, 0) is 19.1 Å². The molecule has 0 aromatic rings. The van der Waals surface area contributed by atoms with Gasteiger partial charge < -0.3 is 9.84 Å². The molecule has 0 saturated heterocycles. The zero-order valence-corrected chi connectivity index (χ0v) is 26.4. The van der Waals surface area contributed by atoms with Crippen LogP contribution in [0.1, 0.15) is 120 Å². The molecule has 5 nitrogen and oxygen atoms in total. The number of hydrogen-bond acceptors (Lipinski definition) is 4. The quantitative estimate of drug-likeness (QED) is 0.218. The van der Waals surface area contributed by atoms with Gasteiger partial charge in [-0.3, -0.25) is 9.59 Å². The number of rotatable bonds is 3. The lowest BCUT2D eigenvalue weighted by molar-refractivity contribution is -0.205. The number of esters is 1. The minimum atomic E-state index is -1.10. The first-order valence-corrected chi connectivity index (χ1v) is 15.7. The summed E-state index contributed by atoms with van der Waals surface area (Å²) >= 11 is 0. The maximum atomic E-state index is 13.4. The number of aliphatic carboxylic acids is 1. The number of hydrogen-bond donors (Lipinski definition) is 1. The van der Waals surface area contributed by atoms with Gasteiger partial charge in [-0.15, -0.1) is 0 Å². The van der Waals surface area contributed by atoms with Crippen molar-refractivity contribution in [3.8, 4) is 0 Å². The number of carboxylic acid groups (broad SMARTS) is 1. The van der Waals surface area contributed by atoms with E-state index in [9.17, 15) is 19.5 Å². The van der Waals surface area contributed by atoms with E-state index in [4.69, 9.17) is 4.74 Å². The van der Waals surface area contributed by atoms with Gasteiger partial charge in [-0.05, 0) is 98.7 Å². The predicted octanol–water partition coefficient (Wildman–Crippen LogP) is 7.93. The van der Waals surface area contributed by atoms with E-state index in [0.29, 0.717) is 36.9 Å². The summed E-state index contributed by atoms with van der Waals surface area (Å²) in [6.07, 6.45) is 10.6. The van der Waals surface area contributed by atoms with Crippen LogP contribution in [0.4, 0.5) is 0 Å². The third kappa shape index (κ3) is 3.87. The van der Waals surface area contributed by atoms with E-state index in [-0.39, 0.29) is 33.0 Å². The van der Waals surface area contributed by atoms with Crippen molar-refractivity contribution in [2.45, 2.75) is 126 Å². The van der Waals surface area contributed by atoms with E-state index in [0.717, 1.165) is 44.1 Å². The van der Waals surface area contributed by atoms with Gasteiger partial charge in [0.2, 0.25) is 0 Å². The SMILES string of the molecule is CC(C)=CC(=O)O[C@@H]1CC(C)(C)C[C@H]2C3=CCC4[C@@]5(C)CCC(=O)C(C)(C)C5CC[C@@]4(C)[C@]3(C)CC[C@@]12C(=O)O. The molecule has 2 unspecified atom stereocenters. The highest BCUT2D eigenvalue weighted by Gasteiger charge is 2.71. The minimum absolute atomic E-state index is 0.0271. The van der Waals surface area contributed by atoms with E-state index in [1.807, 2.05) is 13.8 Å². The fourth-order valence-corrected chi connectivity index (χ4v) is 11.2. The van der Waals surface area contributed by atoms with Gasteiger partial charge in [0.05, 0.1) is 0 Å². The molecule has 0 radical (unpaired) electrons. The molecular weight excluding hydrogens is 500 g/mol. The Morgan fingerprint density at radius 3 is 2.25 bits per heavy atom. The molecule has 0 aliphatic heterocycles. The molecule has 5 rings (SSSR count). The van der Waals surface area contributed by atoms with Crippen molar-refractivity contribution in [2.75, 3.05) is 0 Å². The maximum Gasteiger partial charge on any atom is 0.330 e. The number of ether oxygens (including phenoxy) is 1. The Bertz CT molecular complexity index is 1190. The molecule has 4 fully saturated rings. The third-order valence-corrected chi connectivity index (χ3v) is 13.4. The van der Waals surface area contributed by atoms with E-state index in [1.54, 1.807) is 0 Å². The molecule has 8 atom stereocenters. The molecule has 5 aliphatic rings. The molecule has 0 bridgehead atoms. The van der Waals surface area contributed by atoms with Crippen molar-refractivity contribution < 1.29 is 24.2 Å². The first kappa shape index (κ1) is 29.6. The molecule has 0 heterocycles. The van der Waals surface area contributed by atoms with E-state index < -0.39 is 23.5 Å². The number of ketones is 1. The van der Waals surface area contributed by atoms with Crippen molar-refractivity contribution in [2.24, 2.45) is 50.2 Å². The van der Waals surface area contributed by atoms with Crippen molar-refractivity contribution in [1.29, 1.82) is 0 Å². The van der Waals surface area contributed by atoms with Gasteiger partial charge in [0.15, 0.2) is 0 Å². The summed E-state index contributed by atoms with van der Waals surface area (Å²) in [6, 6.07) is 0. The summed E-state index contributed by atoms with van der Waals surface area (Å²) in [4.78, 5) is 39.2. The molecule has 0 aromatic heterocycles. The molecule has 40 heavy (non-hydrogen) atoms. The van der Waals surface area contributed by atoms with Gasteiger partial charge in [-0.2, -0.15) is 0 Å². The lowest BCUT2D eigenvalue weighted by Gasteiger charge is -2.70. The molecule has 0 spiro atoms. The molecule has 1 N–H and O–H groups in total. The highest BCUT2D eigenvalue weighted by molar-refractivity contribution is 5.86. The largest absolute Gasteiger partial charge is 0.481 e. The fraction of sp³-hybridized carbons (Fsp3) is 0.800. The van der Waals surface area contributed by atoms with Gasteiger partial charge in [0.1, 0.15) is 17.3 Å². The number of carbonyl (C=O) groups excluding carboxylic acids is 2. The third-order valence-electron chi connectivity index (χ3n) is 13.4. The van der Waals surface area contributed by atoms with Crippen LogP contribution in [0, 0.1) is 50.2 Å². The van der Waals surface area contributed by atoms with Gasteiger partial charge >= 0.3 is 11.9 Å². The van der Waals surface area contributed by atoms with Gasteiger partial charge in [0, 0.05) is 23.8 Å². The number of allylic oxidation sites excluding steroid dienone is 3. The highest BCUT2D eigenvalue weighted by atomic mass is 16.5. The van der Waals surface area contributed by atoms with Crippen LogP contribution in [0.3, 0.4) is 0 Å². The summed E-state index contributed by atoms with van der Waals surface area (Å²) in [5, 5.41) is 10.9. The summed E-state index contributed by atoms with van der Waals surface area (Å²) in [6.45, 7) is 19.8. The topological polar surface area (TPSA) is 80.7 Å². The number of fused-ring (bicyclic) bond motifs is 7. The molecule has 5 heteroatoms. The lowest BCUT2D eigenvalue weighted by Crippen LogP contribution is -2.66. The van der Waals surface area contributed by atoms with Gasteiger partial charge in [-0.25, -0.2) is 4.79 Å². The lowest BCUT2D eigenvalue weighted by atomic mass is 9.33. The predicted molar refractivity (Wildman–Crippen MR) is 156 cm³/mol. The normalized spacial score (nSPS) is 45.0. The van der Waals surface area contributed by atoms with Crippen molar-refractivity contribution in [1.82, 2.24) is 0 Å². The molecule has 0 amide bonds. The zero-order chi connectivity index (χ0) is 29.7. The molecule has 222 valence electrons. The van der Waals surface area contributed by atoms with Crippen LogP contribution in [0.15, 0.2) is 23.3 Å². The van der Waals surface area contributed by atoms with Gasteiger partial charge in [-0.1, -0.05) is 65.7 Å². The Morgan fingerprint density at radius 2 is 1.62 bits per heavy atom. The minimum Gasteiger partial charge on any atom is -0.481 e. The zero-order valence-electron chi connectivity index (χ0n) is 26.4.